The molecule has 2 fully saturated rings. The summed E-state index contributed by atoms with van der Waals surface area (Å²) >= 11 is 0. The first-order valence-corrected chi connectivity index (χ1v) is 8.92. The first kappa shape index (κ1) is 16.5. The SMILES string of the molecule is CC(C)(C)Cc1cc(NC(=O)C2CC3CCCC(C2)C3N)n[nH]1. The van der Waals surface area contributed by atoms with Gasteiger partial charge in [-0.2, -0.15) is 5.10 Å². The van der Waals surface area contributed by atoms with Crippen LogP contribution in [0.2, 0.25) is 0 Å². The van der Waals surface area contributed by atoms with Crippen LogP contribution in [0, 0.1) is 23.2 Å². The lowest BCUT2D eigenvalue weighted by molar-refractivity contribution is -0.122. The molecule has 1 heterocycles. The van der Waals surface area contributed by atoms with E-state index in [4.69, 9.17) is 5.73 Å². The van der Waals surface area contributed by atoms with Crippen LogP contribution in [0.4, 0.5) is 5.82 Å². The number of carbonyl (C=O) groups excluding carboxylic acids is 1. The highest BCUT2D eigenvalue weighted by molar-refractivity contribution is 5.91. The Bertz CT molecular complexity index is 546. The summed E-state index contributed by atoms with van der Waals surface area (Å²) in [6, 6.07) is 2.26. The summed E-state index contributed by atoms with van der Waals surface area (Å²) in [7, 11) is 0. The quantitative estimate of drug-likeness (QED) is 0.800. The Morgan fingerprint density at radius 3 is 2.61 bits per heavy atom. The summed E-state index contributed by atoms with van der Waals surface area (Å²) in [6.45, 7) is 6.57. The molecule has 128 valence electrons. The van der Waals surface area contributed by atoms with Crippen LogP contribution in [-0.2, 0) is 11.2 Å². The standard InChI is InChI=1S/C18H30N4O/c1-18(2,3)10-14-9-15(22-21-14)20-17(23)13-7-11-5-4-6-12(8-13)16(11)19/h9,11-13,16H,4-8,10,19H2,1-3H3,(H2,20,21,22,23). The number of rotatable bonds is 3. The number of fused-ring (bicyclic) bond motifs is 2. The second kappa shape index (κ2) is 6.27. The van der Waals surface area contributed by atoms with Crippen LogP contribution in [0.15, 0.2) is 6.07 Å². The van der Waals surface area contributed by atoms with Crippen LogP contribution < -0.4 is 11.1 Å². The van der Waals surface area contributed by atoms with Gasteiger partial charge in [0.2, 0.25) is 5.91 Å². The van der Waals surface area contributed by atoms with Gasteiger partial charge < -0.3 is 11.1 Å². The number of amides is 1. The van der Waals surface area contributed by atoms with E-state index in [1.165, 1.54) is 19.3 Å². The van der Waals surface area contributed by atoms with Gasteiger partial charge in [0.05, 0.1) is 0 Å². The van der Waals surface area contributed by atoms with E-state index in [2.05, 4.69) is 36.3 Å². The first-order valence-electron chi connectivity index (χ1n) is 8.92. The molecule has 2 unspecified atom stereocenters. The Kier molecular flexibility index (Phi) is 4.50. The minimum absolute atomic E-state index is 0.0906. The molecule has 2 atom stereocenters. The molecule has 2 aliphatic rings. The van der Waals surface area contributed by atoms with E-state index in [9.17, 15) is 4.79 Å². The molecule has 2 bridgehead atoms. The summed E-state index contributed by atoms with van der Waals surface area (Å²) in [4.78, 5) is 12.6. The van der Waals surface area contributed by atoms with Gasteiger partial charge in [-0.25, -0.2) is 0 Å². The van der Waals surface area contributed by atoms with Crippen molar-refractivity contribution in [3.63, 3.8) is 0 Å². The average molecular weight is 318 g/mol. The second-order valence-electron chi connectivity index (χ2n) is 8.70. The maximum atomic E-state index is 12.6. The molecule has 3 rings (SSSR count). The van der Waals surface area contributed by atoms with Gasteiger partial charge in [-0.05, 0) is 49.4 Å². The molecule has 23 heavy (non-hydrogen) atoms. The fraction of sp³-hybridized carbons (Fsp3) is 0.778. The normalized spacial score (nSPS) is 31.0. The van der Waals surface area contributed by atoms with Crippen molar-refractivity contribution in [3.05, 3.63) is 11.8 Å². The largest absolute Gasteiger partial charge is 0.327 e. The third kappa shape index (κ3) is 3.94. The Labute approximate surface area is 138 Å². The molecule has 2 saturated carbocycles. The fourth-order valence-corrected chi connectivity index (χ4v) is 4.32. The molecule has 0 spiro atoms. The number of nitrogens with two attached hydrogens (primary N) is 1. The number of hydrogen-bond acceptors (Lipinski definition) is 3. The third-order valence-corrected chi connectivity index (χ3v) is 5.39. The molecule has 1 amide bonds. The molecule has 5 heteroatoms. The van der Waals surface area contributed by atoms with Crippen molar-refractivity contribution in [1.29, 1.82) is 0 Å². The van der Waals surface area contributed by atoms with Crippen LogP contribution in [0.25, 0.3) is 0 Å². The van der Waals surface area contributed by atoms with Gasteiger partial charge in [-0.1, -0.05) is 27.2 Å². The lowest BCUT2D eigenvalue weighted by Gasteiger charge is -2.43. The highest BCUT2D eigenvalue weighted by atomic mass is 16.2. The van der Waals surface area contributed by atoms with Crippen molar-refractivity contribution in [3.8, 4) is 0 Å². The zero-order valence-corrected chi connectivity index (χ0v) is 14.6. The predicted octanol–water partition coefficient (Wildman–Crippen LogP) is 3.09. The van der Waals surface area contributed by atoms with Gasteiger partial charge in [0.25, 0.3) is 0 Å². The number of nitrogens with zero attached hydrogens (tertiary/aromatic N) is 1. The maximum absolute atomic E-state index is 12.6. The number of nitrogens with one attached hydrogen (secondary N) is 2. The Balaban J connectivity index is 1.59. The monoisotopic (exact) mass is 318 g/mol. The summed E-state index contributed by atoms with van der Waals surface area (Å²) in [6.07, 6.45) is 6.41. The van der Waals surface area contributed by atoms with E-state index in [1.54, 1.807) is 0 Å². The second-order valence-corrected chi connectivity index (χ2v) is 8.70. The van der Waals surface area contributed by atoms with Crippen LogP contribution in [0.5, 0.6) is 0 Å². The summed E-state index contributed by atoms with van der Waals surface area (Å²) in [5.74, 6) is 1.90. The van der Waals surface area contributed by atoms with Gasteiger partial charge in [0, 0.05) is 23.7 Å². The van der Waals surface area contributed by atoms with Gasteiger partial charge in [-0.15, -0.1) is 0 Å². The number of H-pyrrole nitrogens is 1. The maximum Gasteiger partial charge on any atom is 0.228 e. The molecule has 1 aromatic heterocycles. The Hall–Kier alpha value is -1.36. The minimum atomic E-state index is 0.0906. The zero-order valence-electron chi connectivity index (χ0n) is 14.6. The molecule has 0 radical (unpaired) electrons. The van der Waals surface area contributed by atoms with E-state index in [1.807, 2.05) is 6.07 Å². The lowest BCUT2D eigenvalue weighted by Crippen LogP contribution is -2.48. The molecule has 0 saturated heterocycles. The number of anilines is 1. The molecule has 5 nitrogen and oxygen atoms in total. The van der Waals surface area contributed by atoms with E-state index >= 15 is 0 Å². The van der Waals surface area contributed by atoms with Crippen molar-refractivity contribution in [1.82, 2.24) is 10.2 Å². The molecule has 2 aliphatic carbocycles. The van der Waals surface area contributed by atoms with Crippen molar-refractivity contribution in [2.45, 2.75) is 65.3 Å². The fourth-order valence-electron chi connectivity index (χ4n) is 4.32. The Morgan fingerprint density at radius 1 is 1.35 bits per heavy atom. The Morgan fingerprint density at radius 2 is 2.00 bits per heavy atom. The van der Waals surface area contributed by atoms with E-state index in [0.29, 0.717) is 23.7 Å². The summed E-state index contributed by atoms with van der Waals surface area (Å²) < 4.78 is 0. The lowest BCUT2D eigenvalue weighted by atomic mass is 9.65. The molecular weight excluding hydrogens is 288 g/mol. The summed E-state index contributed by atoms with van der Waals surface area (Å²) in [5.41, 5.74) is 7.58. The van der Waals surface area contributed by atoms with Gasteiger partial charge in [0.15, 0.2) is 5.82 Å². The number of carbonyl (C=O) groups is 1. The topological polar surface area (TPSA) is 83.8 Å². The van der Waals surface area contributed by atoms with Crippen LogP contribution >= 0.6 is 0 Å². The average Bonchev–Trinajstić information content (AvgIpc) is 2.83. The predicted molar refractivity (Wildman–Crippen MR) is 91.9 cm³/mol. The van der Waals surface area contributed by atoms with Crippen LogP contribution in [0.3, 0.4) is 0 Å². The molecule has 1 aromatic rings. The zero-order chi connectivity index (χ0) is 16.6. The first-order chi connectivity index (χ1) is 10.8. The number of hydrogen-bond donors (Lipinski definition) is 3. The molecule has 0 aromatic carbocycles. The molecule has 4 N–H and O–H groups in total. The minimum Gasteiger partial charge on any atom is -0.327 e. The van der Waals surface area contributed by atoms with E-state index in [0.717, 1.165) is 25.0 Å². The van der Waals surface area contributed by atoms with Crippen LogP contribution in [-0.4, -0.2) is 22.1 Å². The smallest absolute Gasteiger partial charge is 0.228 e. The van der Waals surface area contributed by atoms with Gasteiger partial charge >= 0.3 is 0 Å². The highest BCUT2D eigenvalue weighted by Gasteiger charge is 2.40. The number of aromatic nitrogens is 2. The van der Waals surface area contributed by atoms with Crippen molar-refractivity contribution < 1.29 is 4.79 Å². The van der Waals surface area contributed by atoms with Gasteiger partial charge in [-0.3, -0.25) is 9.89 Å². The third-order valence-electron chi connectivity index (χ3n) is 5.39. The van der Waals surface area contributed by atoms with E-state index < -0.39 is 0 Å². The van der Waals surface area contributed by atoms with Crippen molar-refractivity contribution in [2.24, 2.45) is 28.9 Å². The van der Waals surface area contributed by atoms with Crippen molar-refractivity contribution in [2.75, 3.05) is 5.32 Å². The molecule has 0 aliphatic heterocycles. The van der Waals surface area contributed by atoms with Crippen LogP contribution in [0.1, 0.15) is 58.6 Å². The van der Waals surface area contributed by atoms with E-state index in [-0.39, 0.29) is 17.2 Å². The van der Waals surface area contributed by atoms with Crippen molar-refractivity contribution >= 4 is 11.7 Å². The van der Waals surface area contributed by atoms with Gasteiger partial charge in [0.1, 0.15) is 0 Å². The number of aromatic amines is 1. The summed E-state index contributed by atoms with van der Waals surface area (Å²) in [5, 5.41) is 10.3. The highest BCUT2D eigenvalue weighted by Crippen LogP contribution is 2.42. The molecular formula is C18H30N4O.